The molecule has 0 bridgehead atoms. The molecule has 0 fully saturated rings. The topological polar surface area (TPSA) is 29.7 Å². The largest absolute Gasteiger partial charge is 0.266 e. The van der Waals surface area contributed by atoms with Gasteiger partial charge >= 0.3 is 0 Å². The summed E-state index contributed by atoms with van der Waals surface area (Å²) in [4.78, 5) is 8.39. The summed E-state index contributed by atoms with van der Waals surface area (Å²) >= 11 is 0. The predicted octanol–water partition coefficient (Wildman–Crippen LogP) is 1.37. The quantitative estimate of drug-likeness (QED) is 0.629. The fourth-order valence-electron chi connectivity index (χ4n) is 1.30. The molecule has 3 nitrogen and oxygen atoms in total. The lowest BCUT2D eigenvalue weighted by Crippen LogP contribution is -2.32. The van der Waals surface area contributed by atoms with E-state index in [1.165, 1.54) is 5.56 Å². The van der Waals surface area contributed by atoms with Gasteiger partial charge in [-0.1, -0.05) is 0 Å². The van der Waals surface area contributed by atoms with E-state index in [9.17, 15) is 0 Å². The molecular weight excluding hydrogens is 174 g/mol. The molecule has 14 heavy (non-hydrogen) atoms. The molecule has 2 aromatic heterocycles. The molecule has 0 aliphatic heterocycles. The first kappa shape index (κ1) is 8.81. The number of rotatable bonds is 1. The third kappa shape index (κ3) is 1.76. The molecular formula is C11H12N3+. The van der Waals surface area contributed by atoms with Crippen LogP contribution in [-0.2, 0) is 0 Å². The van der Waals surface area contributed by atoms with Crippen molar-refractivity contribution in [3.63, 3.8) is 0 Å². The van der Waals surface area contributed by atoms with Gasteiger partial charge in [0.05, 0.1) is 6.20 Å². The number of aromatic nitrogens is 3. The summed E-state index contributed by atoms with van der Waals surface area (Å²) in [6.45, 7) is 4.06. The molecule has 0 atom stereocenters. The molecule has 0 aromatic carbocycles. The molecule has 0 saturated heterocycles. The average molecular weight is 186 g/mol. The second-order valence-electron chi connectivity index (χ2n) is 3.37. The standard InChI is InChI=1S/C11H12N3/c1-9-3-4-13-11(5-9)14-7-10(2)6-12-8-14/h3-8H,1-2H3/q+1. The van der Waals surface area contributed by atoms with E-state index < -0.39 is 0 Å². The minimum atomic E-state index is 0.904. The monoisotopic (exact) mass is 186 g/mol. The summed E-state index contributed by atoms with van der Waals surface area (Å²) in [6.07, 6.45) is 7.40. The van der Waals surface area contributed by atoms with E-state index in [4.69, 9.17) is 0 Å². The normalized spacial score (nSPS) is 10.1. The van der Waals surface area contributed by atoms with Gasteiger partial charge in [0.1, 0.15) is 12.4 Å². The Kier molecular flexibility index (Phi) is 2.23. The van der Waals surface area contributed by atoms with Crippen molar-refractivity contribution in [3.05, 3.63) is 48.2 Å². The Hall–Kier alpha value is -1.77. The van der Waals surface area contributed by atoms with Gasteiger partial charge in [-0.2, -0.15) is 0 Å². The molecule has 0 radical (unpaired) electrons. The van der Waals surface area contributed by atoms with E-state index in [0.717, 1.165) is 11.4 Å². The zero-order valence-corrected chi connectivity index (χ0v) is 8.31. The first-order chi connectivity index (χ1) is 6.75. The van der Waals surface area contributed by atoms with E-state index in [1.54, 1.807) is 12.5 Å². The molecule has 3 heteroatoms. The Morgan fingerprint density at radius 1 is 1.21 bits per heavy atom. The summed E-state index contributed by atoms with van der Waals surface area (Å²) in [7, 11) is 0. The molecule has 0 aliphatic rings. The lowest BCUT2D eigenvalue weighted by atomic mass is 10.3. The molecule has 2 rings (SSSR count). The number of hydrogen-bond donors (Lipinski definition) is 0. The van der Waals surface area contributed by atoms with Crippen LogP contribution in [0.15, 0.2) is 37.1 Å². The number of aryl methyl sites for hydroxylation is 2. The molecule has 0 N–H and O–H groups in total. The number of nitrogens with zero attached hydrogens (tertiary/aromatic N) is 3. The molecule has 0 spiro atoms. The highest BCUT2D eigenvalue weighted by Gasteiger charge is 2.04. The third-order valence-corrected chi connectivity index (χ3v) is 1.98. The Bertz CT molecular complexity index is 408. The van der Waals surface area contributed by atoms with Crippen molar-refractivity contribution in [2.45, 2.75) is 13.8 Å². The summed E-state index contributed by atoms with van der Waals surface area (Å²) in [5, 5.41) is 0. The predicted molar refractivity (Wildman–Crippen MR) is 53.0 cm³/mol. The van der Waals surface area contributed by atoms with Crippen LogP contribution >= 0.6 is 0 Å². The third-order valence-electron chi connectivity index (χ3n) is 1.98. The van der Waals surface area contributed by atoms with E-state index in [0.29, 0.717) is 0 Å². The summed E-state index contributed by atoms with van der Waals surface area (Å²) in [6, 6.07) is 4.01. The van der Waals surface area contributed by atoms with Crippen molar-refractivity contribution in [1.82, 2.24) is 9.97 Å². The van der Waals surface area contributed by atoms with Crippen LogP contribution in [0.5, 0.6) is 0 Å². The van der Waals surface area contributed by atoms with Crippen LogP contribution in [-0.4, -0.2) is 9.97 Å². The summed E-state index contributed by atoms with van der Waals surface area (Å²) < 4.78 is 1.92. The Morgan fingerprint density at radius 2 is 2.07 bits per heavy atom. The van der Waals surface area contributed by atoms with Gasteiger partial charge in [0.25, 0.3) is 5.82 Å². The highest BCUT2D eigenvalue weighted by Crippen LogP contribution is 1.99. The van der Waals surface area contributed by atoms with Gasteiger partial charge in [0.2, 0.25) is 6.33 Å². The summed E-state index contributed by atoms with van der Waals surface area (Å²) in [5.41, 5.74) is 2.32. The molecule has 0 unspecified atom stereocenters. The Morgan fingerprint density at radius 3 is 2.79 bits per heavy atom. The van der Waals surface area contributed by atoms with Gasteiger partial charge in [-0.05, 0) is 25.5 Å². The first-order valence-electron chi connectivity index (χ1n) is 4.51. The van der Waals surface area contributed by atoms with Crippen molar-refractivity contribution in [1.29, 1.82) is 0 Å². The fourth-order valence-corrected chi connectivity index (χ4v) is 1.30. The zero-order valence-electron chi connectivity index (χ0n) is 8.31. The van der Waals surface area contributed by atoms with Crippen LogP contribution in [0.25, 0.3) is 5.82 Å². The fraction of sp³-hybridized carbons (Fsp3) is 0.182. The highest BCUT2D eigenvalue weighted by atomic mass is 15.1. The van der Waals surface area contributed by atoms with Gasteiger partial charge in [-0.15, -0.1) is 9.97 Å². The van der Waals surface area contributed by atoms with E-state index >= 15 is 0 Å². The van der Waals surface area contributed by atoms with Gasteiger partial charge < -0.3 is 0 Å². The second-order valence-corrected chi connectivity index (χ2v) is 3.37. The SMILES string of the molecule is Cc1ccnc(-[n+]2cncc(C)c2)c1. The van der Waals surface area contributed by atoms with Crippen LogP contribution in [0, 0.1) is 13.8 Å². The van der Waals surface area contributed by atoms with Gasteiger partial charge in [-0.3, -0.25) is 0 Å². The second kappa shape index (κ2) is 3.54. The maximum Gasteiger partial charge on any atom is 0.266 e. The summed E-state index contributed by atoms with van der Waals surface area (Å²) in [5.74, 6) is 0.904. The van der Waals surface area contributed by atoms with Crippen LogP contribution < -0.4 is 4.57 Å². The minimum Gasteiger partial charge on any atom is -0.206 e. The highest BCUT2D eigenvalue weighted by molar-refractivity contribution is 5.18. The van der Waals surface area contributed by atoms with E-state index in [-0.39, 0.29) is 0 Å². The van der Waals surface area contributed by atoms with Crippen LogP contribution in [0.3, 0.4) is 0 Å². The smallest absolute Gasteiger partial charge is 0.206 e. The molecule has 0 saturated carbocycles. The van der Waals surface area contributed by atoms with Gasteiger partial charge in [0.15, 0.2) is 0 Å². The van der Waals surface area contributed by atoms with Crippen molar-refractivity contribution in [3.8, 4) is 5.82 Å². The molecule has 70 valence electrons. The Labute approximate surface area is 83.1 Å². The molecule has 2 heterocycles. The van der Waals surface area contributed by atoms with Crippen molar-refractivity contribution < 1.29 is 4.57 Å². The lowest BCUT2D eigenvalue weighted by molar-refractivity contribution is -0.603. The van der Waals surface area contributed by atoms with Crippen LogP contribution in [0.1, 0.15) is 11.1 Å². The molecule has 0 amide bonds. The zero-order chi connectivity index (χ0) is 9.97. The molecule has 0 aliphatic carbocycles. The Balaban J connectivity index is 2.49. The van der Waals surface area contributed by atoms with E-state index in [2.05, 4.69) is 16.9 Å². The van der Waals surface area contributed by atoms with Crippen LogP contribution in [0.4, 0.5) is 0 Å². The van der Waals surface area contributed by atoms with Crippen molar-refractivity contribution in [2.75, 3.05) is 0 Å². The number of pyridine rings is 1. The van der Waals surface area contributed by atoms with Crippen molar-refractivity contribution >= 4 is 0 Å². The minimum absolute atomic E-state index is 0.904. The maximum absolute atomic E-state index is 4.27. The first-order valence-corrected chi connectivity index (χ1v) is 4.51. The van der Waals surface area contributed by atoms with Crippen molar-refractivity contribution in [2.24, 2.45) is 0 Å². The number of hydrogen-bond acceptors (Lipinski definition) is 2. The van der Waals surface area contributed by atoms with E-state index in [1.807, 2.05) is 36.0 Å². The maximum atomic E-state index is 4.27. The van der Waals surface area contributed by atoms with Crippen LogP contribution in [0.2, 0.25) is 0 Å². The van der Waals surface area contributed by atoms with Gasteiger partial charge in [-0.25, -0.2) is 4.57 Å². The average Bonchev–Trinajstić information content (AvgIpc) is 2.18. The molecule has 2 aromatic rings. The lowest BCUT2D eigenvalue weighted by Gasteiger charge is -1.97. The van der Waals surface area contributed by atoms with Gasteiger partial charge in [0, 0.05) is 11.6 Å².